The number of piperidine rings is 1. The average Bonchev–Trinajstić information content (AvgIpc) is 3.12. The first-order valence-corrected chi connectivity index (χ1v) is 7.57. The van der Waals surface area contributed by atoms with Gasteiger partial charge in [0.1, 0.15) is 0 Å². The lowest BCUT2D eigenvalue weighted by Crippen LogP contribution is -2.36. The van der Waals surface area contributed by atoms with E-state index in [1.165, 1.54) is 61.8 Å². The lowest BCUT2D eigenvalue weighted by Gasteiger charge is -2.31. The summed E-state index contributed by atoms with van der Waals surface area (Å²) in [5.74, 6) is 0. The molecule has 1 nitrogen and oxygen atoms in total. The van der Waals surface area contributed by atoms with Crippen molar-refractivity contribution in [3.05, 3.63) is 34.3 Å². The van der Waals surface area contributed by atoms with E-state index in [1.54, 1.807) is 0 Å². The Labute approximate surface area is 112 Å². The molecule has 0 unspecified atom stereocenters. The highest BCUT2D eigenvalue weighted by Crippen LogP contribution is 2.51. The Morgan fingerprint density at radius 1 is 1.06 bits per heavy atom. The van der Waals surface area contributed by atoms with Gasteiger partial charge in [0, 0.05) is 16.4 Å². The standard InChI is InChI=1S/C15H20BrN/c16-14-7-3-2-6-13(14)15(8-9-15)12-17-10-4-1-5-11-17/h2-3,6-7H,1,4-5,8-12H2. The van der Waals surface area contributed by atoms with Gasteiger partial charge in [-0.2, -0.15) is 0 Å². The monoisotopic (exact) mass is 293 g/mol. The smallest absolute Gasteiger partial charge is 0.0213 e. The zero-order valence-electron chi connectivity index (χ0n) is 10.3. The van der Waals surface area contributed by atoms with Gasteiger partial charge >= 0.3 is 0 Å². The summed E-state index contributed by atoms with van der Waals surface area (Å²) in [5.41, 5.74) is 2.00. The number of halogens is 1. The van der Waals surface area contributed by atoms with E-state index in [-0.39, 0.29) is 0 Å². The van der Waals surface area contributed by atoms with Crippen molar-refractivity contribution >= 4 is 15.9 Å². The Morgan fingerprint density at radius 2 is 1.76 bits per heavy atom. The zero-order chi connectivity index (χ0) is 11.7. The van der Waals surface area contributed by atoms with Crippen molar-refractivity contribution in [1.29, 1.82) is 0 Å². The highest BCUT2D eigenvalue weighted by Gasteiger charge is 2.46. The minimum atomic E-state index is 0.470. The number of nitrogens with zero attached hydrogens (tertiary/aromatic N) is 1. The van der Waals surface area contributed by atoms with Crippen LogP contribution in [0.2, 0.25) is 0 Å². The summed E-state index contributed by atoms with van der Waals surface area (Å²) in [7, 11) is 0. The van der Waals surface area contributed by atoms with Gasteiger partial charge in [-0.1, -0.05) is 40.5 Å². The molecule has 1 aliphatic carbocycles. The number of likely N-dealkylation sites (tertiary alicyclic amines) is 1. The minimum absolute atomic E-state index is 0.470. The quantitative estimate of drug-likeness (QED) is 0.815. The van der Waals surface area contributed by atoms with Gasteiger partial charge in [0.25, 0.3) is 0 Å². The van der Waals surface area contributed by atoms with Crippen LogP contribution in [0, 0.1) is 0 Å². The van der Waals surface area contributed by atoms with Crippen molar-refractivity contribution in [3.63, 3.8) is 0 Å². The zero-order valence-corrected chi connectivity index (χ0v) is 11.9. The molecule has 0 amide bonds. The fourth-order valence-corrected chi connectivity index (χ4v) is 3.81. The van der Waals surface area contributed by atoms with Crippen LogP contribution in [0.4, 0.5) is 0 Å². The first-order valence-electron chi connectivity index (χ1n) is 6.78. The molecule has 2 aliphatic rings. The summed E-state index contributed by atoms with van der Waals surface area (Å²) in [5, 5.41) is 0. The first kappa shape index (κ1) is 11.7. The predicted octanol–water partition coefficient (Wildman–Crippen LogP) is 3.97. The van der Waals surface area contributed by atoms with Crippen LogP contribution in [0.25, 0.3) is 0 Å². The van der Waals surface area contributed by atoms with Crippen LogP contribution in [0.3, 0.4) is 0 Å². The molecule has 1 aromatic rings. The summed E-state index contributed by atoms with van der Waals surface area (Å²) >= 11 is 3.72. The van der Waals surface area contributed by atoms with E-state index < -0.39 is 0 Å². The summed E-state index contributed by atoms with van der Waals surface area (Å²) < 4.78 is 1.30. The van der Waals surface area contributed by atoms with Crippen LogP contribution < -0.4 is 0 Å². The number of rotatable bonds is 3. The van der Waals surface area contributed by atoms with Crippen LogP contribution in [0.1, 0.15) is 37.7 Å². The maximum absolute atomic E-state index is 3.72. The molecule has 92 valence electrons. The maximum atomic E-state index is 3.72. The second-order valence-electron chi connectivity index (χ2n) is 5.60. The largest absolute Gasteiger partial charge is 0.302 e. The van der Waals surface area contributed by atoms with Gasteiger partial charge in [0.05, 0.1) is 0 Å². The molecule has 1 aliphatic heterocycles. The van der Waals surface area contributed by atoms with E-state index in [4.69, 9.17) is 0 Å². The van der Waals surface area contributed by atoms with Crippen LogP contribution in [0.5, 0.6) is 0 Å². The molecule has 0 aromatic heterocycles. The lowest BCUT2D eigenvalue weighted by atomic mass is 9.94. The highest BCUT2D eigenvalue weighted by atomic mass is 79.9. The molecule has 0 radical (unpaired) electrons. The second-order valence-corrected chi connectivity index (χ2v) is 6.45. The third kappa shape index (κ3) is 2.43. The van der Waals surface area contributed by atoms with E-state index >= 15 is 0 Å². The van der Waals surface area contributed by atoms with Crippen molar-refractivity contribution in [2.45, 2.75) is 37.5 Å². The molecular weight excluding hydrogens is 274 g/mol. The summed E-state index contributed by atoms with van der Waals surface area (Å²) in [6.45, 7) is 3.90. The van der Waals surface area contributed by atoms with E-state index in [9.17, 15) is 0 Å². The van der Waals surface area contributed by atoms with Gasteiger partial charge in [-0.05, 0) is 50.4 Å². The van der Waals surface area contributed by atoms with Gasteiger partial charge in [-0.3, -0.25) is 0 Å². The predicted molar refractivity (Wildman–Crippen MR) is 75.3 cm³/mol. The Kier molecular flexibility index (Phi) is 3.27. The molecule has 17 heavy (non-hydrogen) atoms. The van der Waals surface area contributed by atoms with Crippen LogP contribution >= 0.6 is 15.9 Å². The molecule has 0 bridgehead atoms. The molecule has 0 spiro atoms. The third-order valence-corrected chi connectivity index (χ3v) is 4.97. The van der Waals surface area contributed by atoms with Gasteiger partial charge in [-0.25, -0.2) is 0 Å². The van der Waals surface area contributed by atoms with Crippen LogP contribution in [0.15, 0.2) is 28.7 Å². The van der Waals surface area contributed by atoms with Crippen LogP contribution in [-0.2, 0) is 5.41 Å². The topological polar surface area (TPSA) is 3.24 Å². The van der Waals surface area contributed by atoms with Crippen molar-refractivity contribution in [2.24, 2.45) is 0 Å². The van der Waals surface area contributed by atoms with Crippen molar-refractivity contribution in [3.8, 4) is 0 Å². The molecule has 1 heterocycles. The first-order chi connectivity index (χ1) is 8.30. The molecule has 0 atom stereocenters. The van der Waals surface area contributed by atoms with Gasteiger partial charge in [-0.15, -0.1) is 0 Å². The Morgan fingerprint density at radius 3 is 2.41 bits per heavy atom. The third-order valence-electron chi connectivity index (χ3n) is 4.27. The Hall–Kier alpha value is -0.340. The SMILES string of the molecule is Brc1ccccc1C1(CN2CCCCC2)CC1. The highest BCUT2D eigenvalue weighted by molar-refractivity contribution is 9.10. The van der Waals surface area contributed by atoms with Crippen molar-refractivity contribution in [2.75, 3.05) is 19.6 Å². The fourth-order valence-electron chi connectivity index (χ4n) is 3.10. The van der Waals surface area contributed by atoms with Gasteiger partial charge in [0.15, 0.2) is 0 Å². The maximum Gasteiger partial charge on any atom is 0.0213 e. The molecule has 2 fully saturated rings. The Bertz CT molecular complexity index is 392. The minimum Gasteiger partial charge on any atom is -0.302 e. The molecule has 3 rings (SSSR count). The number of hydrogen-bond donors (Lipinski definition) is 0. The van der Waals surface area contributed by atoms with E-state index in [0.29, 0.717) is 5.41 Å². The number of benzene rings is 1. The lowest BCUT2D eigenvalue weighted by molar-refractivity contribution is 0.209. The molecule has 1 saturated carbocycles. The normalized spacial score (nSPS) is 23.6. The van der Waals surface area contributed by atoms with Crippen molar-refractivity contribution < 1.29 is 0 Å². The Balaban J connectivity index is 1.75. The summed E-state index contributed by atoms with van der Waals surface area (Å²) in [6, 6.07) is 8.79. The van der Waals surface area contributed by atoms with Crippen LogP contribution in [-0.4, -0.2) is 24.5 Å². The molecule has 1 aromatic carbocycles. The second kappa shape index (κ2) is 4.74. The molecular formula is C15H20BrN. The summed E-state index contributed by atoms with van der Waals surface area (Å²) in [4.78, 5) is 2.68. The van der Waals surface area contributed by atoms with Gasteiger partial charge in [0.2, 0.25) is 0 Å². The van der Waals surface area contributed by atoms with Gasteiger partial charge < -0.3 is 4.90 Å². The molecule has 2 heteroatoms. The average molecular weight is 294 g/mol. The van der Waals surface area contributed by atoms with E-state index in [2.05, 4.69) is 45.1 Å². The summed E-state index contributed by atoms with van der Waals surface area (Å²) in [6.07, 6.45) is 6.95. The van der Waals surface area contributed by atoms with Crippen molar-refractivity contribution in [1.82, 2.24) is 4.90 Å². The number of hydrogen-bond acceptors (Lipinski definition) is 1. The van der Waals surface area contributed by atoms with E-state index in [0.717, 1.165) is 0 Å². The molecule has 1 saturated heterocycles. The molecule has 0 N–H and O–H groups in total. The van der Waals surface area contributed by atoms with E-state index in [1.807, 2.05) is 0 Å². The fraction of sp³-hybridized carbons (Fsp3) is 0.600.